The Kier molecular flexibility index (Phi) is 4.50. The van der Waals surface area contributed by atoms with Crippen LogP contribution in [0.4, 0.5) is 21.5 Å². The summed E-state index contributed by atoms with van der Waals surface area (Å²) in [5, 5.41) is 10.7. The Morgan fingerprint density at radius 1 is 1.13 bits per heavy atom. The van der Waals surface area contributed by atoms with Crippen LogP contribution in [-0.4, -0.2) is 27.4 Å². The van der Waals surface area contributed by atoms with Gasteiger partial charge in [0.25, 0.3) is 10.0 Å². The van der Waals surface area contributed by atoms with Gasteiger partial charge < -0.3 is 4.90 Å². The number of hydrogen-bond acceptors (Lipinski definition) is 5. The van der Waals surface area contributed by atoms with Crippen molar-refractivity contribution < 1.29 is 17.7 Å². The first-order valence-electron chi connectivity index (χ1n) is 6.45. The predicted octanol–water partition coefficient (Wildman–Crippen LogP) is 2.60. The van der Waals surface area contributed by atoms with Crippen molar-refractivity contribution in [2.24, 2.45) is 0 Å². The summed E-state index contributed by atoms with van der Waals surface area (Å²) in [6.07, 6.45) is 0. The van der Waals surface area contributed by atoms with Gasteiger partial charge in [0.2, 0.25) is 5.82 Å². The average Bonchev–Trinajstić information content (AvgIpc) is 2.47. The minimum absolute atomic E-state index is 0.294. The molecular formula is C14H14FN3O4S. The van der Waals surface area contributed by atoms with Gasteiger partial charge >= 0.3 is 5.69 Å². The summed E-state index contributed by atoms with van der Waals surface area (Å²) < 4.78 is 40.1. The van der Waals surface area contributed by atoms with E-state index in [1.54, 1.807) is 24.3 Å². The summed E-state index contributed by atoms with van der Waals surface area (Å²) in [5.41, 5.74) is 0.281. The van der Waals surface area contributed by atoms with Gasteiger partial charge in [0.15, 0.2) is 0 Å². The summed E-state index contributed by atoms with van der Waals surface area (Å²) >= 11 is 0. The molecule has 0 aromatic heterocycles. The van der Waals surface area contributed by atoms with Crippen molar-refractivity contribution in [2.75, 3.05) is 23.7 Å². The zero-order valence-electron chi connectivity index (χ0n) is 12.4. The number of benzene rings is 2. The highest BCUT2D eigenvalue weighted by atomic mass is 32.2. The van der Waals surface area contributed by atoms with E-state index in [1.807, 2.05) is 19.0 Å². The molecule has 2 aromatic rings. The molecule has 2 rings (SSSR count). The quantitative estimate of drug-likeness (QED) is 0.668. The molecule has 0 unspecified atom stereocenters. The van der Waals surface area contributed by atoms with E-state index in [0.717, 1.165) is 17.8 Å². The average molecular weight is 339 g/mol. The molecule has 0 saturated heterocycles. The minimum atomic E-state index is -4.05. The summed E-state index contributed by atoms with van der Waals surface area (Å²) in [5.74, 6) is -1.09. The Morgan fingerprint density at radius 2 is 1.74 bits per heavy atom. The Morgan fingerprint density at radius 3 is 2.26 bits per heavy atom. The lowest BCUT2D eigenvalue weighted by Gasteiger charge is -2.13. The maximum Gasteiger partial charge on any atom is 0.306 e. The fourth-order valence-corrected chi connectivity index (χ4v) is 2.92. The highest BCUT2D eigenvalue weighted by molar-refractivity contribution is 7.92. The number of anilines is 2. The molecule has 2 aromatic carbocycles. The van der Waals surface area contributed by atoms with Crippen molar-refractivity contribution in [1.29, 1.82) is 0 Å². The Balaban J connectivity index is 2.32. The van der Waals surface area contributed by atoms with E-state index >= 15 is 0 Å². The molecule has 9 heteroatoms. The minimum Gasteiger partial charge on any atom is -0.378 e. The lowest BCUT2D eigenvalue weighted by atomic mass is 10.3. The molecule has 0 saturated carbocycles. The van der Waals surface area contributed by atoms with Crippen LogP contribution in [0.2, 0.25) is 0 Å². The molecular weight excluding hydrogens is 325 g/mol. The summed E-state index contributed by atoms with van der Waals surface area (Å²) in [6.45, 7) is 0. The summed E-state index contributed by atoms with van der Waals surface area (Å²) in [4.78, 5) is 11.2. The molecule has 0 amide bonds. The number of nitrogens with zero attached hydrogens (tertiary/aromatic N) is 2. The van der Waals surface area contributed by atoms with Crippen LogP contribution in [0.3, 0.4) is 0 Å². The molecule has 0 fully saturated rings. The fourth-order valence-electron chi connectivity index (χ4n) is 1.84. The molecule has 0 aliphatic heterocycles. The van der Waals surface area contributed by atoms with E-state index < -0.39 is 26.5 Å². The van der Waals surface area contributed by atoms with Crippen LogP contribution in [0.1, 0.15) is 0 Å². The zero-order chi connectivity index (χ0) is 17.2. The van der Waals surface area contributed by atoms with Gasteiger partial charge in [-0.15, -0.1) is 0 Å². The number of rotatable bonds is 5. The lowest BCUT2D eigenvalue weighted by Crippen LogP contribution is -2.14. The number of nitro groups is 1. The monoisotopic (exact) mass is 339 g/mol. The predicted molar refractivity (Wildman–Crippen MR) is 84.6 cm³/mol. The second-order valence-corrected chi connectivity index (χ2v) is 6.60. The van der Waals surface area contributed by atoms with Crippen LogP contribution in [-0.2, 0) is 10.0 Å². The van der Waals surface area contributed by atoms with Gasteiger partial charge in [-0.25, -0.2) is 8.42 Å². The van der Waals surface area contributed by atoms with Crippen LogP contribution in [0.15, 0.2) is 47.4 Å². The first kappa shape index (κ1) is 16.7. The van der Waals surface area contributed by atoms with Crippen molar-refractivity contribution in [1.82, 2.24) is 0 Å². The van der Waals surface area contributed by atoms with E-state index in [2.05, 4.69) is 4.72 Å². The normalized spacial score (nSPS) is 11.1. The van der Waals surface area contributed by atoms with Gasteiger partial charge in [0.05, 0.1) is 9.82 Å². The van der Waals surface area contributed by atoms with E-state index in [4.69, 9.17) is 0 Å². The van der Waals surface area contributed by atoms with Gasteiger partial charge in [-0.1, -0.05) is 0 Å². The number of nitro benzene ring substituents is 1. The highest BCUT2D eigenvalue weighted by Crippen LogP contribution is 2.24. The van der Waals surface area contributed by atoms with E-state index in [0.29, 0.717) is 11.8 Å². The molecule has 122 valence electrons. The third-order valence-electron chi connectivity index (χ3n) is 3.06. The first-order chi connectivity index (χ1) is 10.7. The van der Waals surface area contributed by atoms with Crippen LogP contribution >= 0.6 is 0 Å². The third-order valence-corrected chi connectivity index (χ3v) is 4.44. The van der Waals surface area contributed by atoms with Gasteiger partial charge in [0, 0.05) is 31.5 Å². The number of hydrogen-bond donors (Lipinski definition) is 1. The number of sulfonamides is 1. The largest absolute Gasteiger partial charge is 0.378 e. The summed E-state index contributed by atoms with van der Waals surface area (Å²) in [6, 6.07) is 8.96. The summed E-state index contributed by atoms with van der Waals surface area (Å²) in [7, 11) is -0.366. The van der Waals surface area contributed by atoms with Gasteiger partial charge in [-0.3, -0.25) is 14.8 Å². The third kappa shape index (κ3) is 3.75. The van der Waals surface area contributed by atoms with E-state index in [9.17, 15) is 22.9 Å². The molecule has 0 heterocycles. The van der Waals surface area contributed by atoms with Crippen molar-refractivity contribution in [3.05, 3.63) is 58.4 Å². The Bertz CT molecular complexity index is 836. The topological polar surface area (TPSA) is 92.6 Å². The van der Waals surface area contributed by atoms with Crippen molar-refractivity contribution in [3.63, 3.8) is 0 Å². The second-order valence-electron chi connectivity index (χ2n) is 4.92. The van der Waals surface area contributed by atoms with Crippen molar-refractivity contribution in [3.8, 4) is 0 Å². The fraction of sp³-hybridized carbons (Fsp3) is 0.143. The van der Waals surface area contributed by atoms with Crippen LogP contribution in [0.5, 0.6) is 0 Å². The smallest absolute Gasteiger partial charge is 0.306 e. The molecule has 7 nitrogen and oxygen atoms in total. The number of halogens is 1. The molecule has 0 bridgehead atoms. The molecule has 0 radical (unpaired) electrons. The molecule has 0 aliphatic rings. The molecule has 1 N–H and O–H groups in total. The van der Waals surface area contributed by atoms with E-state index in [1.165, 1.54) is 0 Å². The zero-order valence-corrected chi connectivity index (χ0v) is 13.2. The van der Waals surface area contributed by atoms with Crippen LogP contribution in [0, 0.1) is 15.9 Å². The van der Waals surface area contributed by atoms with E-state index in [-0.39, 0.29) is 4.90 Å². The molecule has 0 atom stereocenters. The SMILES string of the molecule is CN(C)c1ccc(NS(=O)(=O)c2ccc(F)c([N+](=O)[O-])c2)cc1. The maximum absolute atomic E-state index is 13.3. The Labute approximate surface area is 132 Å². The first-order valence-corrected chi connectivity index (χ1v) is 7.93. The van der Waals surface area contributed by atoms with Crippen molar-refractivity contribution >= 4 is 27.1 Å². The second kappa shape index (κ2) is 6.21. The van der Waals surface area contributed by atoms with Gasteiger partial charge in [-0.05, 0) is 36.4 Å². The molecule has 23 heavy (non-hydrogen) atoms. The highest BCUT2D eigenvalue weighted by Gasteiger charge is 2.21. The maximum atomic E-state index is 13.3. The molecule has 0 spiro atoms. The van der Waals surface area contributed by atoms with Crippen LogP contribution in [0.25, 0.3) is 0 Å². The molecule has 0 aliphatic carbocycles. The standard InChI is InChI=1S/C14H14FN3O4S/c1-17(2)11-5-3-10(4-6-11)16-23(21,22)12-7-8-13(15)14(9-12)18(19)20/h3-9,16H,1-2H3. The van der Waals surface area contributed by atoms with Crippen LogP contribution < -0.4 is 9.62 Å². The van der Waals surface area contributed by atoms with Crippen molar-refractivity contribution in [2.45, 2.75) is 4.90 Å². The Hall–Kier alpha value is -2.68. The van der Waals surface area contributed by atoms with Gasteiger partial charge in [-0.2, -0.15) is 4.39 Å². The van der Waals surface area contributed by atoms with Gasteiger partial charge in [0.1, 0.15) is 0 Å². The number of nitrogens with one attached hydrogen (secondary N) is 1. The lowest BCUT2D eigenvalue weighted by molar-refractivity contribution is -0.387.